The van der Waals surface area contributed by atoms with E-state index in [4.69, 9.17) is 10.5 Å². The number of thiazole rings is 1. The van der Waals surface area contributed by atoms with E-state index in [0.717, 1.165) is 16.3 Å². The Balaban J connectivity index is 1.79. The minimum absolute atomic E-state index is 0.108. The second kappa shape index (κ2) is 5.55. The van der Waals surface area contributed by atoms with Gasteiger partial charge in [0.2, 0.25) is 5.91 Å². The molecule has 0 spiro atoms. The summed E-state index contributed by atoms with van der Waals surface area (Å²) in [4.78, 5) is 16.7. The zero-order valence-corrected chi connectivity index (χ0v) is 12.5. The molecule has 2 unspecified atom stereocenters. The number of aromatic nitrogens is 1. The molecule has 1 aliphatic heterocycles. The van der Waals surface area contributed by atoms with Crippen molar-refractivity contribution in [3.05, 3.63) is 35.8 Å². The van der Waals surface area contributed by atoms with Crippen LogP contribution in [0, 0.1) is 5.41 Å². The van der Waals surface area contributed by atoms with Crippen LogP contribution in [0.1, 0.15) is 6.92 Å². The van der Waals surface area contributed by atoms with E-state index in [2.05, 4.69) is 10.3 Å². The minimum Gasteiger partial charge on any atom is -0.379 e. The van der Waals surface area contributed by atoms with Crippen molar-refractivity contribution >= 4 is 22.9 Å². The molecule has 6 heteroatoms. The number of anilines is 1. The molecular weight excluding hydrogens is 286 g/mol. The molecule has 1 aromatic carbocycles. The average Bonchev–Trinajstić information content (AvgIpc) is 3.11. The quantitative estimate of drug-likeness (QED) is 0.910. The van der Waals surface area contributed by atoms with Crippen LogP contribution in [0.25, 0.3) is 10.6 Å². The van der Waals surface area contributed by atoms with Crippen LogP contribution in [-0.2, 0) is 9.53 Å². The van der Waals surface area contributed by atoms with Crippen LogP contribution in [0.2, 0.25) is 0 Å². The zero-order valence-electron chi connectivity index (χ0n) is 11.7. The molecule has 1 saturated heterocycles. The Morgan fingerprint density at radius 1 is 1.57 bits per heavy atom. The van der Waals surface area contributed by atoms with E-state index >= 15 is 0 Å². The first-order valence-corrected chi connectivity index (χ1v) is 7.62. The molecule has 3 rings (SSSR count). The molecule has 110 valence electrons. The van der Waals surface area contributed by atoms with Gasteiger partial charge in [-0.25, -0.2) is 4.98 Å². The molecule has 1 aromatic heterocycles. The number of hydrogen-bond acceptors (Lipinski definition) is 5. The molecule has 0 bridgehead atoms. The Bertz CT molecular complexity index is 644. The molecule has 1 amide bonds. The number of nitrogens with zero attached hydrogens (tertiary/aromatic N) is 1. The highest BCUT2D eigenvalue weighted by atomic mass is 32.1. The summed E-state index contributed by atoms with van der Waals surface area (Å²) in [6.45, 7) is 2.61. The minimum atomic E-state index is -0.683. The molecule has 2 aromatic rings. The van der Waals surface area contributed by atoms with Crippen LogP contribution in [-0.4, -0.2) is 30.1 Å². The molecule has 21 heavy (non-hydrogen) atoms. The number of carbonyl (C=O) groups is 1. The third kappa shape index (κ3) is 2.70. The smallest absolute Gasteiger partial charge is 0.234 e. The molecule has 0 aliphatic carbocycles. The molecule has 1 fully saturated rings. The van der Waals surface area contributed by atoms with Gasteiger partial charge in [0.05, 0.1) is 18.6 Å². The molecular formula is C15H17N3O2S. The fraction of sp³-hybridized carbons (Fsp3) is 0.333. The van der Waals surface area contributed by atoms with Gasteiger partial charge in [0, 0.05) is 28.9 Å². The van der Waals surface area contributed by atoms with Gasteiger partial charge in [-0.2, -0.15) is 0 Å². The predicted molar refractivity (Wildman–Crippen MR) is 83.1 cm³/mol. The Morgan fingerprint density at radius 2 is 2.43 bits per heavy atom. The summed E-state index contributed by atoms with van der Waals surface area (Å²) in [5.41, 5.74) is 7.03. The summed E-state index contributed by atoms with van der Waals surface area (Å²) in [5, 5.41) is 5.79. The summed E-state index contributed by atoms with van der Waals surface area (Å²) in [7, 11) is 0. The van der Waals surface area contributed by atoms with Crippen molar-refractivity contribution in [2.45, 2.75) is 13.0 Å². The maximum atomic E-state index is 12.5. The van der Waals surface area contributed by atoms with E-state index in [1.807, 2.05) is 36.6 Å². The Kier molecular flexibility index (Phi) is 3.75. The topological polar surface area (TPSA) is 77.2 Å². The number of carbonyl (C=O) groups excluding carboxylic acids is 1. The average molecular weight is 303 g/mol. The first-order chi connectivity index (χ1) is 10.1. The van der Waals surface area contributed by atoms with Gasteiger partial charge in [-0.3, -0.25) is 4.79 Å². The van der Waals surface area contributed by atoms with Crippen LogP contribution in [0.3, 0.4) is 0 Å². The predicted octanol–water partition coefficient (Wildman–Crippen LogP) is 2.11. The normalized spacial score (nSPS) is 25.0. The van der Waals surface area contributed by atoms with Gasteiger partial charge in [0.1, 0.15) is 5.01 Å². The van der Waals surface area contributed by atoms with Crippen molar-refractivity contribution in [1.29, 1.82) is 0 Å². The van der Waals surface area contributed by atoms with Crippen molar-refractivity contribution in [1.82, 2.24) is 4.98 Å². The largest absolute Gasteiger partial charge is 0.379 e. The molecule has 0 saturated carbocycles. The maximum absolute atomic E-state index is 12.5. The number of amides is 1. The van der Waals surface area contributed by atoms with Gasteiger partial charge >= 0.3 is 0 Å². The molecule has 2 atom stereocenters. The fourth-order valence-corrected chi connectivity index (χ4v) is 2.93. The van der Waals surface area contributed by atoms with Crippen molar-refractivity contribution in [3.63, 3.8) is 0 Å². The lowest BCUT2D eigenvalue weighted by Gasteiger charge is -2.25. The summed E-state index contributed by atoms with van der Waals surface area (Å²) in [6, 6.07) is 7.38. The number of hydrogen-bond donors (Lipinski definition) is 2. The lowest BCUT2D eigenvalue weighted by Crippen LogP contribution is -2.47. The van der Waals surface area contributed by atoms with E-state index in [1.54, 1.807) is 17.5 Å². The molecule has 2 heterocycles. The summed E-state index contributed by atoms with van der Waals surface area (Å²) < 4.78 is 5.32. The zero-order chi connectivity index (χ0) is 14.9. The highest BCUT2D eigenvalue weighted by Crippen LogP contribution is 2.30. The highest BCUT2D eigenvalue weighted by Gasteiger charge is 2.44. The maximum Gasteiger partial charge on any atom is 0.234 e. The standard InChI is InChI=1S/C15H17N3O2S/c1-15(9-20-8-12(15)16)14(19)18-11-4-2-3-10(7-11)13-17-5-6-21-13/h2-7,12H,8-9,16H2,1H3,(H,18,19). The monoisotopic (exact) mass is 303 g/mol. The van der Waals surface area contributed by atoms with Crippen molar-refractivity contribution in [2.24, 2.45) is 11.1 Å². The fourth-order valence-electron chi connectivity index (χ4n) is 2.29. The number of benzene rings is 1. The van der Waals surface area contributed by atoms with Gasteiger partial charge in [0.15, 0.2) is 0 Å². The third-order valence-corrected chi connectivity index (χ3v) is 4.66. The van der Waals surface area contributed by atoms with E-state index in [9.17, 15) is 4.79 Å². The number of rotatable bonds is 3. The van der Waals surface area contributed by atoms with Crippen LogP contribution >= 0.6 is 11.3 Å². The first-order valence-electron chi connectivity index (χ1n) is 6.74. The van der Waals surface area contributed by atoms with Crippen LogP contribution in [0.15, 0.2) is 35.8 Å². The summed E-state index contributed by atoms with van der Waals surface area (Å²) >= 11 is 1.56. The lowest BCUT2D eigenvalue weighted by molar-refractivity contribution is -0.125. The van der Waals surface area contributed by atoms with Gasteiger partial charge in [-0.05, 0) is 19.1 Å². The van der Waals surface area contributed by atoms with Crippen molar-refractivity contribution in [3.8, 4) is 10.6 Å². The summed E-state index contributed by atoms with van der Waals surface area (Å²) in [6.07, 6.45) is 1.77. The Hall–Kier alpha value is -1.76. The van der Waals surface area contributed by atoms with E-state index in [1.165, 1.54) is 0 Å². The molecule has 0 radical (unpaired) electrons. The lowest BCUT2D eigenvalue weighted by atomic mass is 9.85. The number of nitrogens with two attached hydrogens (primary N) is 1. The van der Waals surface area contributed by atoms with Gasteiger partial charge in [-0.1, -0.05) is 12.1 Å². The highest BCUT2D eigenvalue weighted by molar-refractivity contribution is 7.13. The molecule has 1 aliphatic rings. The van der Waals surface area contributed by atoms with Gasteiger partial charge < -0.3 is 15.8 Å². The van der Waals surface area contributed by atoms with Crippen molar-refractivity contribution < 1.29 is 9.53 Å². The van der Waals surface area contributed by atoms with Crippen LogP contribution in [0.5, 0.6) is 0 Å². The second-order valence-corrected chi connectivity index (χ2v) is 6.31. The van der Waals surface area contributed by atoms with Crippen LogP contribution < -0.4 is 11.1 Å². The van der Waals surface area contributed by atoms with E-state index < -0.39 is 5.41 Å². The first kappa shape index (κ1) is 14.2. The second-order valence-electron chi connectivity index (χ2n) is 5.41. The van der Waals surface area contributed by atoms with Crippen molar-refractivity contribution in [2.75, 3.05) is 18.5 Å². The van der Waals surface area contributed by atoms with E-state index in [-0.39, 0.29) is 11.9 Å². The molecule has 5 nitrogen and oxygen atoms in total. The SMILES string of the molecule is CC1(C(=O)Nc2cccc(-c3nccs3)c2)COCC1N. The number of nitrogens with one attached hydrogen (secondary N) is 1. The van der Waals surface area contributed by atoms with E-state index in [0.29, 0.717) is 13.2 Å². The Labute approximate surface area is 127 Å². The van der Waals surface area contributed by atoms with Gasteiger partial charge in [-0.15, -0.1) is 11.3 Å². The Morgan fingerprint density at radius 3 is 3.10 bits per heavy atom. The van der Waals surface area contributed by atoms with Gasteiger partial charge in [0.25, 0.3) is 0 Å². The molecule has 3 N–H and O–H groups in total. The summed E-state index contributed by atoms with van der Waals surface area (Å²) in [5.74, 6) is -0.108. The third-order valence-electron chi connectivity index (χ3n) is 3.84. The number of ether oxygens (including phenoxy) is 1. The van der Waals surface area contributed by atoms with Crippen LogP contribution in [0.4, 0.5) is 5.69 Å².